The highest BCUT2D eigenvalue weighted by atomic mass is 35.5. The summed E-state index contributed by atoms with van der Waals surface area (Å²) in [7, 11) is 0. The van der Waals surface area contributed by atoms with E-state index < -0.39 is 0 Å². The summed E-state index contributed by atoms with van der Waals surface area (Å²) in [5, 5.41) is 4.01. The van der Waals surface area contributed by atoms with Gasteiger partial charge in [0.05, 0.1) is 17.2 Å². The predicted molar refractivity (Wildman–Crippen MR) is 131 cm³/mol. The maximum Gasteiger partial charge on any atom is 0.264 e. The van der Waals surface area contributed by atoms with Gasteiger partial charge in [-0.2, -0.15) is 0 Å². The maximum atomic E-state index is 12.4. The Hall–Kier alpha value is -3.22. The highest BCUT2D eigenvalue weighted by Gasteiger charge is 2.24. The van der Waals surface area contributed by atoms with Crippen LogP contribution in [0, 0.1) is 0 Å². The average Bonchev–Trinajstić information content (AvgIpc) is 3.13. The number of benzene rings is 3. The molecule has 0 aliphatic carbocycles. The van der Waals surface area contributed by atoms with Gasteiger partial charge in [0.1, 0.15) is 6.61 Å². The van der Waals surface area contributed by atoms with Crippen LogP contribution in [0.15, 0.2) is 82.7 Å². The Kier molecular flexibility index (Phi) is 7.14. The summed E-state index contributed by atoms with van der Waals surface area (Å²) in [5.41, 5.74) is 2.51. The lowest BCUT2D eigenvalue weighted by atomic mass is 10.2. The fraction of sp³-hybridized carbons (Fsp3) is 0.120. The molecular formula is C25H21ClN2O3S. The molecule has 32 heavy (non-hydrogen) atoms. The van der Waals surface area contributed by atoms with Gasteiger partial charge in [0.25, 0.3) is 5.91 Å². The van der Waals surface area contributed by atoms with E-state index in [1.807, 2.05) is 85.8 Å². The van der Waals surface area contributed by atoms with Crippen molar-refractivity contribution < 1.29 is 14.3 Å². The van der Waals surface area contributed by atoms with E-state index in [1.165, 1.54) is 11.8 Å². The molecule has 1 heterocycles. The minimum atomic E-state index is -0.179. The molecule has 0 aromatic heterocycles. The van der Waals surface area contributed by atoms with Gasteiger partial charge < -0.3 is 14.8 Å². The number of para-hydroxylation sites is 1. The predicted octanol–water partition coefficient (Wildman–Crippen LogP) is 6.21. The quantitative estimate of drug-likeness (QED) is 0.422. The van der Waals surface area contributed by atoms with Gasteiger partial charge in [-0.05, 0) is 60.7 Å². The van der Waals surface area contributed by atoms with Gasteiger partial charge in [-0.1, -0.05) is 54.1 Å². The monoisotopic (exact) mass is 464 g/mol. The van der Waals surface area contributed by atoms with Gasteiger partial charge in [-0.25, -0.2) is 4.99 Å². The Labute approximate surface area is 196 Å². The molecule has 0 unspecified atom stereocenters. The van der Waals surface area contributed by atoms with Crippen LogP contribution in [0.5, 0.6) is 11.5 Å². The zero-order valence-corrected chi connectivity index (χ0v) is 19.0. The molecule has 1 N–H and O–H groups in total. The minimum absolute atomic E-state index is 0.179. The van der Waals surface area contributed by atoms with Gasteiger partial charge >= 0.3 is 0 Å². The summed E-state index contributed by atoms with van der Waals surface area (Å²) < 4.78 is 11.7. The Morgan fingerprint density at radius 2 is 1.78 bits per heavy atom. The molecule has 1 fully saturated rings. The van der Waals surface area contributed by atoms with Crippen molar-refractivity contribution in [1.29, 1.82) is 0 Å². The van der Waals surface area contributed by atoms with Crippen LogP contribution in [-0.4, -0.2) is 17.7 Å². The second-order valence-electron chi connectivity index (χ2n) is 6.84. The maximum absolute atomic E-state index is 12.4. The number of carbonyl (C=O) groups is 1. The Morgan fingerprint density at radius 1 is 1.00 bits per heavy atom. The number of hydrogen-bond acceptors (Lipinski definition) is 5. The first-order chi connectivity index (χ1) is 15.6. The number of halogens is 1. The number of rotatable bonds is 7. The van der Waals surface area contributed by atoms with Gasteiger partial charge in [-0.3, -0.25) is 4.79 Å². The molecule has 0 radical (unpaired) electrons. The van der Waals surface area contributed by atoms with E-state index >= 15 is 0 Å². The van der Waals surface area contributed by atoms with Crippen molar-refractivity contribution in [3.8, 4) is 11.5 Å². The third kappa shape index (κ3) is 5.52. The van der Waals surface area contributed by atoms with Crippen molar-refractivity contribution in [1.82, 2.24) is 5.32 Å². The second-order valence-corrected chi connectivity index (χ2v) is 8.27. The number of ether oxygens (including phenoxy) is 2. The number of aliphatic imine (C=N–C) groups is 1. The van der Waals surface area contributed by atoms with Crippen molar-refractivity contribution in [3.05, 3.63) is 93.9 Å². The van der Waals surface area contributed by atoms with E-state index in [0.717, 1.165) is 16.8 Å². The lowest BCUT2D eigenvalue weighted by Gasteiger charge is -2.13. The first-order valence-electron chi connectivity index (χ1n) is 10.1. The third-order valence-corrected chi connectivity index (χ3v) is 5.82. The standard InChI is InChI=1S/C25H21ClN2O3S/c1-2-30-22-14-17(12-13-21(22)31-16-18-8-6-7-11-20(18)26)15-23-24(29)28-25(32-23)27-19-9-4-3-5-10-19/h3-15H,2,16H2,1H3,(H,27,28,29)/b23-15+. The fourth-order valence-electron chi connectivity index (χ4n) is 3.02. The topological polar surface area (TPSA) is 59.9 Å². The van der Waals surface area contributed by atoms with Crippen LogP contribution in [0.4, 0.5) is 5.69 Å². The summed E-state index contributed by atoms with van der Waals surface area (Å²) in [5.74, 6) is 1.04. The van der Waals surface area contributed by atoms with Crippen LogP contribution in [0.3, 0.4) is 0 Å². The molecule has 4 rings (SSSR count). The smallest absolute Gasteiger partial charge is 0.264 e. The second kappa shape index (κ2) is 10.4. The van der Waals surface area contributed by atoms with E-state index in [-0.39, 0.29) is 5.91 Å². The van der Waals surface area contributed by atoms with E-state index in [4.69, 9.17) is 21.1 Å². The van der Waals surface area contributed by atoms with Crippen molar-refractivity contribution in [2.24, 2.45) is 4.99 Å². The summed E-state index contributed by atoms with van der Waals surface area (Å²) in [6.45, 7) is 2.74. The number of amides is 1. The molecule has 0 saturated carbocycles. The first-order valence-corrected chi connectivity index (χ1v) is 11.3. The zero-order valence-electron chi connectivity index (χ0n) is 17.4. The number of carbonyl (C=O) groups excluding carboxylic acids is 1. The van der Waals surface area contributed by atoms with Crippen molar-refractivity contribution in [2.75, 3.05) is 6.61 Å². The molecule has 0 bridgehead atoms. The molecule has 3 aromatic carbocycles. The SMILES string of the molecule is CCOc1cc(/C=C2/SC(=Nc3ccccc3)NC2=O)ccc1OCc1ccccc1Cl. The van der Waals surface area contributed by atoms with E-state index in [2.05, 4.69) is 10.3 Å². The van der Waals surface area contributed by atoms with Crippen LogP contribution >= 0.6 is 23.4 Å². The normalized spacial score (nSPS) is 15.8. The van der Waals surface area contributed by atoms with Gasteiger partial charge in [0.2, 0.25) is 0 Å². The van der Waals surface area contributed by atoms with Crippen LogP contribution in [0.25, 0.3) is 6.08 Å². The number of thioether (sulfide) groups is 1. The lowest BCUT2D eigenvalue weighted by Crippen LogP contribution is -2.19. The summed E-state index contributed by atoms with van der Waals surface area (Å²) >= 11 is 7.52. The largest absolute Gasteiger partial charge is 0.490 e. The van der Waals surface area contributed by atoms with Crippen LogP contribution in [-0.2, 0) is 11.4 Å². The van der Waals surface area contributed by atoms with Gasteiger partial charge in [-0.15, -0.1) is 0 Å². The molecular weight excluding hydrogens is 444 g/mol. The molecule has 1 aliphatic heterocycles. The summed E-state index contributed by atoms with van der Waals surface area (Å²) in [4.78, 5) is 17.4. The van der Waals surface area contributed by atoms with Gasteiger partial charge in [0.15, 0.2) is 16.7 Å². The molecule has 5 nitrogen and oxygen atoms in total. The molecule has 0 atom stereocenters. The van der Waals surface area contributed by atoms with Crippen LogP contribution in [0.2, 0.25) is 5.02 Å². The molecule has 0 spiro atoms. The molecule has 1 amide bonds. The number of hydrogen-bond donors (Lipinski definition) is 1. The highest BCUT2D eigenvalue weighted by molar-refractivity contribution is 8.18. The van der Waals surface area contributed by atoms with E-state index in [0.29, 0.717) is 39.8 Å². The number of nitrogens with zero attached hydrogens (tertiary/aromatic N) is 1. The van der Waals surface area contributed by atoms with Crippen molar-refractivity contribution in [3.63, 3.8) is 0 Å². The Bertz CT molecular complexity index is 1180. The fourth-order valence-corrected chi connectivity index (χ4v) is 4.06. The van der Waals surface area contributed by atoms with Crippen molar-refractivity contribution >= 4 is 46.2 Å². The number of amidine groups is 1. The third-order valence-electron chi connectivity index (χ3n) is 4.54. The van der Waals surface area contributed by atoms with Crippen LogP contribution in [0.1, 0.15) is 18.1 Å². The lowest BCUT2D eigenvalue weighted by molar-refractivity contribution is -0.115. The summed E-state index contributed by atoms with van der Waals surface area (Å²) in [6.07, 6.45) is 1.81. The average molecular weight is 465 g/mol. The van der Waals surface area contributed by atoms with Gasteiger partial charge in [0, 0.05) is 10.6 Å². The molecule has 1 saturated heterocycles. The molecule has 1 aliphatic rings. The van der Waals surface area contributed by atoms with Crippen molar-refractivity contribution in [2.45, 2.75) is 13.5 Å². The van der Waals surface area contributed by atoms with Crippen LogP contribution < -0.4 is 14.8 Å². The molecule has 3 aromatic rings. The van der Waals surface area contributed by atoms with E-state index in [9.17, 15) is 4.79 Å². The Balaban J connectivity index is 1.52. The van der Waals surface area contributed by atoms with E-state index in [1.54, 1.807) is 0 Å². The summed E-state index contributed by atoms with van der Waals surface area (Å²) in [6, 6.07) is 22.6. The minimum Gasteiger partial charge on any atom is -0.490 e. The highest BCUT2D eigenvalue weighted by Crippen LogP contribution is 2.33. The zero-order chi connectivity index (χ0) is 22.3. The number of nitrogens with one attached hydrogen (secondary N) is 1. The first kappa shape index (κ1) is 22.0. The molecule has 162 valence electrons. The Morgan fingerprint density at radius 3 is 2.56 bits per heavy atom. The molecule has 7 heteroatoms.